The van der Waals surface area contributed by atoms with Gasteiger partial charge in [-0.2, -0.15) is 0 Å². The van der Waals surface area contributed by atoms with Crippen molar-refractivity contribution in [1.82, 2.24) is 15.1 Å². The van der Waals surface area contributed by atoms with Crippen molar-refractivity contribution in [3.63, 3.8) is 0 Å². The molecule has 1 atom stereocenters. The lowest BCUT2D eigenvalue weighted by molar-refractivity contribution is -0.139. The van der Waals surface area contributed by atoms with Gasteiger partial charge in [-0.25, -0.2) is 0 Å². The number of likely N-dealkylation sites (tertiary alicyclic amines) is 1. The zero-order valence-electron chi connectivity index (χ0n) is 19.3. The molecule has 7 nitrogen and oxygen atoms in total. The van der Waals surface area contributed by atoms with Crippen LogP contribution in [0.25, 0.3) is 0 Å². The van der Waals surface area contributed by atoms with E-state index in [0.29, 0.717) is 68.4 Å². The lowest BCUT2D eigenvalue weighted by Crippen LogP contribution is -2.56. The third-order valence-electron chi connectivity index (χ3n) is 6.55. The van der Waals surface area contributed by atoms with Crippen molar-refractivity contribution in [2.75, 3.05) is 39.4 Å². The Labute approximate surface area is 205 Å². The van der Waals surface area contributed by atoms with Crippen LogP contribution in [0.1, 0.15) is 39.1 Å². The number of piperidine rings is 1. The second-order valence-corrected chi connectivity index (χ2v) is 9.33. The second-order valence-electron chi connectivity index (χ2n) is 8.89. The van der Waals surface area contributed by atoms with E-state index >= 15 is 0 Å². The Morgan fingerprint density at radius 3 is 2.26 bits per heavy atom. The molecule has 2 aromatic carbocycles. The smallest absolute Gasteiger partial charge is 0.253 e. The van der Waals surface area contributed by atoms with E-state index in [0.717, 1.165) is 5.56 Å². The fraction of sp³-hybridized carbons (Fsp3) is 0.423. The fourth-order valence-corrected chi connectivity index (χ4v) is 4.71. The largest absolute Gasteiger partial charge is 0.378 e. The Kier molecular flexibility index (Phi) is 7.85. The summed E-state index contributed by atoms with van der Waals surface area (Å²) in [7, 11) is 0. The number of amides is 3. The summed E-state index contributed by atoms with van der Waals surface area (Å²) in [6.07, 6.45) is 1.27. The van der Waals surface area contributed by atoms with Crippen molar-refractivity contribution in [2.45, 2.75) is 25.8 Å². The zero-order chi connectivity index (χ0) is 24.1. The molecule has 4 rings (SSSR count). The molecule has 2 aliphatic heterocycles. The maximum atomic E-state index is 13.5. The quantitative estimate of drug-likeness (QED) is 0.708. The van der Waals surface area contributed by atoms with E-state index in [9.17, 15) is 14.4 Å². The van der Waals surface area contributed by atoms with Gasteiger partial charge in [-0.3, -0.25) is 14.4 Å². The normalized spacial score (nSPS) is 17.8. The molecule has 8 heteroatoms. The number of carbonyl (C=O) groups excluding carboxylic acids is 3. The van der Waals surface area contributed by atoms with Crippen LogP contribution in [0.15, 0.2) is 48.5 Å². The standard InChI is InChI=1S/C26H30ClN3O4/c1-18-3-2-4-21(17-18)24(31)28-23(26(33)30-13-15-34-16-14-30)19-9-11-29(12-10-19)25(32)20-5-7-22(27)8-6-20/h2-8,17,19,23H,9-16H2,1H3,(H,28,31)/t23-/m0/s1. The molecule has 0 aliphatic carbocycles. The summed E-state index contributed by atoms with van der Waals surface area (Å²) in [6.45, 7) is 5.02. The number of ether oxygens (including phenoxy) is 1. The van der Waals surface area contributed by atoms with E-state index in [4.69, 9.17) is 16.3 Å². The van der Waals surface area contributed by atoms with Crippen LogP contribution in [0.3, 0.4) is 0 Å². The topological polar surface area (TPSA) is 79.0 Å². The highest BCUT2D eigenvalue weighted by Crippen LogP contribution is 2.25. The number of aryl methyl sites for hydroxylation is 1. The SMILES string of the molecule is Cc1cccc(C(=O)N[C@H](C(=O)N2CCOCC2)C2CCN(C(=O)c3ccc(Cl)cc3)CC2)c1. The van der Waals surface area contributed by atoms with E-state index in [2.05, 4.69) is 5.32 Å². The molecule has 3 amide bonds. The minimum Gasteiger partial charge on any atom is -0.378 e. The molecule has 34 heavy (non-hydrogen) atoms. The first kappa shape index (κ1) is 24.2. The molecule has 1 N–H and O–H groups in total. The minimum absolute atomic E-state index is 0.0463. The number of hydrogen-bond acceptors (Lipinski definition) is 4. The highest BCUT2D eigenvalue weighted by Gasteiger charge is 2.36. The molecule has 2 fully saturated rings. The first-order valence-corrected chi connectivity index (χ1v) is 12.1. The third-order valence-corrected chi connectivity index (χ3v) is 6.80. The molecule has 0 unspecified atom stereocenters. The molecule has 0 spiro atoms. The Balaban J connectivity index is 1.46. The van der Waals surface area contributed by atoms with Crippen LogP contribution < -0.4 is 5.32 Å². The fourth-order valence-electron chi connectivity index (χ4n) is 4.58. The maximum Gasteiger partial charge on any atom is 0.253 e. The number of hydrogen-bond donors (Lipinski definition) is 1. The Hall–Kier alpha value is -2.90. The maximum absolute atomic E-state index is 13.5. The molecule has 2 aliphatic rings. The van der Waals surface area contributed by atoms with Gasteiger partial charge in [-0.1, -0.05) is 29.3 Å². The van der Waals surface area contributed by atoms with Crippen LogP contribution >= 0.6 is 11.6 Å². The summed E-state index contributed by atoms with van der Waals surface area (Å²) in [5.41, 5.74) is 2.12. The van der Waals surface area contributed by atoms with Crippen molar-refractivity contribution < 1.29 is 19.1 Å². The molecule has 0 bridgehead atoms. The number of nitrogens with zero attached hydrogens (tertiary/aromatic N) is 2. The average molecular weight is 484 g/mol. The van der Waals surface area contributed by atoms with Crippen molar-refractivity contribution in [2.24, 2.45) is 5.92 Å². The van der Waals surface area contributed by atoms with Crippen LogP contribution in [0.2, 0.25) is 5.02 Å². The van der Waals surface area contributed by atoms with Crippen LogP contribution in [0.5, 0.6) is 0 Å². The van der Waals surface area contributed by atoms with Crippen LogP contribution in [0.4, 0.5) is 0 Å². The zero-order valence-corrected chi connectivity index (χ0v) is 20.1. The van der Waals surface area contributed by atoms with Crippen LogP contribution in [-0.2, 0) is 9.53 Å². The number of carbonyl (C=O) groups is 3. The van der Waals surface area contributed by atoms with E-state index < -0.39 is 6.04 Å². The van der Waals surface area contributed by atoms with Crippen molar-refractivity contribution in [1.29, 1.82) is 0 Å². The first-order chi connectivity index (χ1) is 16.4. The van der Waals surface area contributed by atoms with E-state index in [-0.39, 0.29) is 23.6 Å². The lowest BCUT2D eigenvalue weighted by Gasteiger charge is -2.38. The van der Waals surface area contributed by atoms with Crippen molar-refractivity contribution in [3.05, 3.63) is 70.2 Å². The second kappa shape index (κ2) is 11.0. The van der Waals surface area contributed by atoms with Gasteiger partial charge in [0.05, 0.1) is 13.2 Å². The monoisotopic (exact) mass is 483 g/mol. The molecule has 2 heterocycles. The minimum atomic E-state index is -0.640. The molecule has 0 aromatic heterocycles. The molecule has 180 valence electrons. The Morgan fingerprint density at radius 2 is 1.62 bits per heavy atom. The molecule has 0 radical (unpaired) electrons. The van der Waals surface area contributed by atoms with Gasteiger partial charge in [-0.05, 0) is 62.1 Å². The lowest BCUT2D eigenvalue weighted by atomic mass is 9.87. The van der Waals surface area contributed by atoms with Gasteiger partial charge in [0.15, 0.2) is 0 Å². The van der Waals surface area contributed by atoms with E-state index in [1.54, 1.807) is 40.1 Å². The Bertz CT molecular complexity index is 1030. The molecule has 2 aromatic rings. The Morgan fingerprint density at radius 1 is 0.941 bits per heavy atom. The number of rotatable bonds is 5. The van der Waals surface area contributed by atoms with Gasteiger partial charge in [0.1, 0.15) is 6.04 Å². The molecule has 0 saturated carbocycles. The summed E-state index contributed by atoms with van der Waals surface area (Å²) < 4.78 is 5.39. The van der Waals surface area contributed by atoms with Gasteiger partial charge in [0, 0.05) is 42.3 Å². The molecular weight excluding hydrogens is 454 g/mol. The predicted octanol–water partition coefficient (Wildman–Crippen LogP) is 3.16. The van der Waals surface area contributed by atoms with Gasteiger partial charge >= 0.3 is 0 Å². The summed E-state index contributed by atoms with van der Waals surface area (Å²) in [5, 5.41) is 3.61. The number of nitrogens with one attached hydrogen (secondary N) is 1. The van der Waals surface area contributed by atoms with Gasteiger partial charge in [-0.15, -0.1) is 0 Å². The summed E-state index contributed by atoms with van der Waals surface area (Å²) >= 11 is 5.94. The third kappa shape index (κ3) is 5.77. The number of halogens is 1. The average Bonchev–Trinajstić information content (AvgIpc) is 2.87. The van der Waals surface area contributed by atoms with Gasteiger partial charge < -0.3 is 19.9 Å². The van der Waals surface area contributed by atoms with Crippen LogP contribution in [-0.4, -0.2) is 73.0 Å². The van der Waals surface area contributed by atoms with Gasteiger partial charge in [0.2, 0.25) is 5.91 Å². The highest BCUT2D eigenvalue weighted by molar-refractivity contribution is 6.30. The number of benzene rings is 2. The highest BCUT2D eigenvalue weighted by atomic mass is 35.5. The van der Waals surface area contributed by atoms with Crippen molar-refractivity contribution in [3.8, 4) is 0 Å². The van der Waals surface area contributed by atoms with Crippen molar-refractivity contribution >= 4 is 29.3 Å². The predicted molar refractivity (Wildman–Crippen MR) is 130 cm³/mol. The van der Waals surface area contributed by atoms with E-state index in [1.165, 1.54) is 0 Å². The van der Waals surface area contributed by atoms with E-state index in [1.807, 2.05) is 25.1 Å². The number of morpholine rings is 1. The molecular formula is C26H30ClN3O4. The first-order valence-electron chi connectivity index (χ1n) is 11.7. The van der Waals surface area contributed by atoms with Crippen LogP contribution in [0, 0.1) is 12.8 Å². The molecule has 2 saturated heterocycles. The summed E-state index contributed by atoms with van der Waals surface area (Å²) in [4.78, 5) is 43.0. The summed E-state index contributed by atoms with van der Waals surface area (Å²) in [5.74, 6) is -0.435. The summed E-state index contributed by atoms with van der Waals surface area (Å²) in [6, 6.07) is 13.6. The van der Waals surface area contributed by atoms with Gasteiger partial charge in [0.25, 0.3) is 11.8 Å².